The monoisotopic (exact) mass is 301 g/mol. The zero-order valence-corrected chi connectivity index (χ0v) is 12.6. The Labute approximate surface area is 128 Å². The molecule has 1 saturated heterocycles. The number of amides is 1. The molecule has 0 bridgehead atoms. The number of methoxy groups -OCH3 is 1. The molecule has 1 fully saturated rings. The van der Waals surface area contributed by atoms with Gasteiger partial charge in [-0.05, 0) is 18.1 Å². The molecule has 7 heteroatoms. The molecule has 0 aliphatic carbocycles. The number of carbonyl (C=O) groups is 1. The average molecular weight is 301 g/mol. The van der Waals surface area contributed by atoms with Gasteiger partial charge in [0.15, 0.2) is 0 Å². The number of aromatic nitrogens is 4. The summed E-state index contributed by atoms with van der Waals surface area (Å²) in [4.78, 5) is 18.3. The quantitative estimate of drug-likeness (QED) is 0.818. The number of hydrogen-bond acceptors (Lipinski definition) is 5. The van der Waals surface area contributed by atoms with Crippen LogP contribution >= 0.6 is 0 Å². The van der Waals surface area contributed by atoms with Crippen molar-refractivity contribution >= 4 is 5.91 Å². The van der Waals surface area contributed by atoms with Gasteiger partial charge in [-0.15, -0.1) is 5.10 Å². The van der Waals surface area contributed by atoms with E-state index in [4.69, 9.17) is 4.74 Å². The molecule has 116 valence electrons. The van der Waals surface area contributed by atoms with Gasteiger partial charge < -0.3 is 9.64 Å². The molecule has 7 nitrogen and oxygen atoms in total. The lowest BCUT2D eigenvalue weighted by molar-refractivity contribution is -0.129. The number of ether oxygens (including phenoxy) is 1. The second kappa shape index (κ2) is 6.65. The zero-order valence-electron chi connectivity index (χ0n) is 12.6. The molecule has 1 unspecified atom stereocenters. The standard InChI is InChI=1S/C15H19N5O2/c1-22-11-13-9-20(18-17-13)14-4-6-19(10-14)15(21)7-12-3-2-5-16-8-12/h2-3,5,8-9,14H,4,6-7,10-11H2,1H3. The molecule has 3 heterocycles. The lowest BCUT2D eigenvalue weighted by Crippen LogP contribution is -2.30. The van der Waals surface area contributed by atoms with E-state index in [0.29, 0.717) is 19.6 Å². The average Bonchev–Trinajstić information content (AvgIpc) is 3.17. The minimum atomic E-state index is 0.132. The highest BCUT2D eigenvalue weighted by molar-refractivity contribution is 5.79. The van der Waals surface area contributed by atoms with Gasteiger partial charge in [0.2, 0.25) is 5.91 Å². The van der Waals surface area contributed by atoms with Crippen LogP contribution in [0.1, 0.15) is 23.7 Å². The first kappa shape index (κ1) is 14.6. The first-order valence-electron chi connectivity index (χ1n) is 7.32. The normalized spacial score (nSPS) is 17.9. The van der Waals surface area contributed by atoms with Crippen molar-refractivity contribution in [2.75, 3.05) is 20.2 Å². The molecule has 1 atom stereocenters. The van der Waals surface area contributed by atoms with Crippen LogP contribution in [0.2, 0.25) is 0 Å². The predicted molar refractivity (Wildman–Crippen MR) is 78.9 cm³/mol. The lowest BCUT2D eigenvalue weighted by atomic mass is 10.2. The molecule has 1 aliphatic rings. The number of rotatable bonds is 5. The smallest absolute Gasteiger partial charge is 0.227 e. The summed E-state index contributed by atoms with van der Waals surface area (Å²) in [6.07, 6.45) is 6.63. The molecule has 2 aromatic rings. The van der Waals surface area contributed by atoms with Crippen LogP contribution < -0.4 is 0 Å². The minimum Gasteiger partial charge on any atom is -0.378 e. The number of pyridine rings is 1. The van der Waals surface area contributed by atoms with E-state index in [2.05, 4.69) is 15.3 Å². The predicted octanol–water partition coefficient (Wildman–Crippen LogP) is 0.836. The van der Waals surface area contributed by atoms with Crippen LogP contribution in [0.5, 0.6) is 0 Å². The second-order valence-corrected chi connectivity index (χ2v) is 5.44. The van der Waals surface area contributed by atoms with E-state index in [1.807, 2.05) is 27.9 Å². The minimum absolute atomic E-state index is 0.132. The maximum Gasteiger partial charge on any atom is 0.227 e. The molecule has 1 aliphatic heterocycles. The molecule has 2 aromatic heterocycles. The summed E-state index contributed by atoms with van der Waals surface area (Å²) in [5.74, 6) is 0.132. The van der Waals surface area contributed by atoms with Crippen LogP contribution in [0.15, 0.2) is 30.7 Å². The topological polar surface area (TPSA) is 73.1 Å². The molecule has 0 N–H and O–H groups in total. The highest BCUT2D eigenvalue weighted by Crippen LogP contribution is 2.21. The third-order valence-electron chi connectivity index (χ3n) is 3.82. The van der Waals surface area contributed by atoms with Crippen molar-refractivity contribution < 1.29 is 9.53 Å². The van der Waals surface area contributed by atoms with Crippen LogP contribution in [-0.4, -0.2) is 51.0 Å². The Bertz CT molecular complexity index is 628. The third-order valence-corrected chi connectivity index (χ3v) is 3.82. The largest absolute Gasteiger partial charge is 0.378 e. The van der Waals surface area contributed by atoms with Crippen molar-refractivity contribution in [3.63, 3.8) is 0 Å². The van der Waals surface area contributed by atoms with Gasteiger partial charge in [0.25, 0.3) is 0 Å². The number of likely N-dealkylation sites (tertiary alicyclic amines) is 1. The Morgan fingerprint density at radius 3 is 3.18 bits per heavy atom. The molecule has 0 radical (unpaired) electrons. The highest BCUT2D eigenvalue weighted by Gasteiger charge is 2.28. The summed E-state index contributed by atoms with van der Waals surface area (Å²) >= 11 is 0. The Balaban J connectivity index is 1.58. The van der Waals surface area contributed by atoms with Gasteiger partial charge in [-0.1, -0.05) is 11.3 Å². The first-order valence-corrected chi connectivity index (χ1v) is 7.32. The summed E-state index contributed by atoms with van der Waals surface area (Å²) in [6, 6.07) is 3.96. The number of hydrogen-bond donors (Lipinski definition) is 0. The second-order valence-electron chi connectivity index (χ2n) is 5.44. The molecule has 0 spiro atoms. The SMILES string of the molecule is COCc1cn(C2CCN(C(=O)Cc3cccnc3)C2)nn1. The molecule has 0 aromatic carbocycles. The zero-order chi connectivity index (χ0) is 15.4. The highest BCUT2D eigenvalue weighted by atomic mass is 16.5. The molecule has 0 saturated carbocycles. The molecular formula is C15H19N5O2. The first-order chi connectivity index (χ1) is 10.8. The van der Waals surface area contributed by atoms with Crippen LogP contribution in [0, 0.1) is 0 Å². The van der Waals surface area contributed by atoms with E-state index in [-0.39, 0.29) is 11.9 Å². The van der Waals surface area contributed by atoms with Crippen LogP contribution in [0.25, 0.3) is 0 Å². The maximum absolute atomic E-state index is 12.3. The van der Waals surface area contributed by atoms with Gasteiger partial charge >= 0.3 is 0 Å². The van der Waals surface area contributed by atoms with E-state index in [9.17, 15) is 4.79 Å². The van der Waals surface area contributed by atoms with E-state index in [0.717, 1.165) is 24.2 Å². The van der Waals surface area contributed by atoms with E-state index in [1.165, 1.54) is 0 Å². The van der Waals surface area contributed by atoms with Gasteiger partial charge in [-0.2, -0.15) is 0 Å². The summed E-state index contributed by atoms with van der Waals surface area (Å²) in [7, 11) is 1.63. The molecular weight excluding hydrogens is 282 g/mol. The van der Waals surface area contributed by atoms with Crippen molar-refractivity contribution in [1.82, 2.24) is 24.9 Å². The van der Waals surface area contributed by atoms with Crippen molar-refractivity contribution in [2.24, 2.45) is 0 Å². The van der Waals surface area contributed by atoms with E-state index >= 15 is 0 Å². The Hall–Kier alpha value is -2.28. The summed E-state index contributed by atoms with van der Waals surface area (Å²) in [5, 5.41) is 8.20. The molecule has 22 heavy (non-hydrogen) atoms. The number of carbonyl (C=O) groups excluding carboxylic acids is 1. The Morgan fingerprint density at radius 2 is 2.41 bits per heavy atom. The van der Waals surface area contributed by atoms with Gasteiger partial charge in [-0.25, -0.2) is 4.68 Å². The number of nitrogens with zero attached hydrogens (tertiary/aromatic N) is 5. The fourth-order valence-electron chi connectivity index (χ4n) is 2.68. The summed E-state index contributed by atoms with van der Waals surface area (Å²) in [6.45, 7) is 1.88. The Morgan fingerprint density at radius 1 is 1.50 bits per heavy atom. The van der Waals surface area contributed by atoms with Gasteiger partial charge in [-0.3, -0.25) is 9.78 Å². The van der Waals surface area contributed by atoms with Crippen molar-refractivity contribution in [3.05, 3.63) is 42.0 Å². The van der Waals surface area contributed by atoms with Crippen molar-refractivity contribution in [3.8, 4) is 0 Å². The van der Waals surface area contributed by atoms with Crippen LogP contribution in [-0.2, 0) is 22.6 Å². The van der Waals surface area contributed by atoms with E-state index in [1.54, 1.807) is 19.5 Å². The summed E-state index contributed by atoms with van der Waals surface area (Å²) < 4.78 is 6.88. The lowest BCUT2D eigenvalue weighted by Gasteiger charge is -2.16. The third kappa shape index (κ3) is 3.30. The van der Waals surface area contributed by atoms with Gasteiger partial charge in [0.05, 0.1) is 25.3 Å². The van der Waals surface area contributed by atoms with Crippen molar-refractivity contribution in [1.29, 1.82) is 0 Å². The van der Waals surface area contributed by atoms with Gasteiger partial charge in [0.1, 0.15) is 5.69 Å². The molecule has 1 amide bonds. The fraction of sp³-hybridized carbons (Fsp3) is 0.467. The van der Waals surface area contributed by atoms with Crippen LogP contribution in [0.4, 0.5) is 0 Å². The summed E-state index contributed by atoms with van der Waals surface area (Å²) in [5.41, 5.74) is 1.75. The maximum atomic E-state index is 12.3. The fourth-order valence-corrected chi connectivity index (χ4v) is 2.68. The van der Waals surface area contributed by atoms with E-state index < -0.39 is 0 Å². The van der Waals surface area contributed by atoms with Gasteiger partial charge in [0, 0.05) is 32.6 Å². The van der Waals surface area contributed by atoms with Crippen molar-refractivity contribution in [2.45, 2.75) is 25.5 Å². The van der Waals surface area contributed by atoms with Crippen LogP contribution in [0.3, 0.4) is 0 Å². The molecule has 3 rings (SSSR count). The Kier molecular flexibility index (Phi) is 4.43.